The average molecular weight is 389 g/mol. The molecule has 1 aromatic heterocycles. The summed E-state index contributed by atoms with van der Waals surface area (Å²) in [4.78, 5) is 41.8. The fourth-order valence-corrected chi connectivity index (χ4v) is 3.67. The number of hydrogen-bond donors (Lipinski definition) is 0. The number of carbonyl (C=O) groups is 2. The Morgan fingerprint density at radius 2 is 1.46 bits per heavy atom. The van der Waals surface area contributed by atoms with Crippen LogP contribution in [0.5, 0.6) is 0 Å². The van der Waals surface area contributed by atoms with Crippen molar-refractivity contribution in [2.45, 2.75) is 27.2 Å². The fourth-order valence-electron chi connectivity index (χ4n) is 3.67. The van der Waals surface area contributed by atoms with Crippen LogP contribution in [0.2, 0.25) is 0 Å². The van der Waals surface area contributed by atoms with Gasteiger partial charge >= 0.3 is 0 Å². The number of piperazine rings is 2. The highest BCUT2D eigenvalue weighted by Gasteiger charge is 2.30. The highest BCUT2D eigenvalue weighted by atomic mass is 16.2. The van der Waals surface area contributed by atoms with Crippen molar-refractivity contribution in [2.24, 2.45) is 5.41 Å². The Morgan fingerprint density at radius 1 is 0.893 bits per heavy atom. The van der Waals surface area contributed by atoms with Crippen LogP contribution in [0.25, 0.3) is 0 Å². The third-order valence-corrected chi connectivity index (χ3v) is 5.41. The minimum Gasteiger partial charge on any atom is -0.340 e. The molecule has 0 aliphatic carbocycles. The third-order valence-electron chi connectivity index (χ3n) is 5.41. The van der Waals surface area contributed by atoms with Gasteiger partial charge in [0, 0.05) is 83.1 Å². The number of nitrogens with zero attached hydrogens (tertiary/aromatic N) is 6. The molecular formula is C20H32N6O2. The van der Waals surface area contributed by atoms with E-state index in [1.165, 1.54) is 0 Å². The molecule has 2 aliphatic rings. The fraction of sp³-hybridized carbons (Fsp3) is 0.700. The van der Waals surface area contributed by atoms with Crippen LogP contribution in [0.3, 0.4) is 0 Å². The molecule has 154 valence electrons. The van der Waals surface area contributed by atoms with Crippen molar-refractivity contribution in [3.8, 4) is 0 Å². The van der Waals surface area contributed by atoms with E-state index in [-0.39, 0.29) is 17.2 Å². The molecule has 2 amide bonds. The summed E-state index contributed by atoms with van der Waals surface area (Å²) in [7, 11) is 0. The lowest BCUT2D eigenvalue weighted by Gasteiger charge is -2.38. The first-order chi connectivity index (χ1) is 13.3. The van der Waals surface area contributed by atoms with E-state index in [2.05, 4.69) is 19.8 Å². The van der Waals surface area contributed by atoms with Gasteiger partial charge in [0.1, 0.15) is 0 Å². The Morgan fingerprint density at radius 3 is 2.04 bits per heavy atom. The predicted molar refractivity (Wildman–Crippen MR) is 108 cm³/mol. The molecule has 0 bridgehead atoms. The van der Waals surface area contributed by atoms with Crippen LogP contribution in [0, 0.1) is 5.41 Å². The van der Waals surface area contributed by atoms with Gasteiger partial charge in [-0.25, -0.2) is 9.97 Å². The predicted octanol–water partition coefficient (Wildman–Crippen LogP) is 0.706. The van der Waals surface area contributed by atoms with E-state index in [4.69, 9.17) is 0 Å². The molecule has 3 rings (SSSR count). The second kappa shape index (κ2) is 8.86. The molecule has 8 heteroatoms. The molecule has 0 aromatic carbocycles. The summed E-state index contributed by atoms with van der Waals surface area (Å²) in [6.45, 7) is 12.8. The Kier molecular flexibility index (Phi) is 6.49. The summed E-state index contributed by atoms with van der Waals surface area (Å²) in [6, 6.07) is 1.81. The molecule has 0 N–H and O–H groups in total. The maximum Gasteiger partial charge on any atom is 0.228 e. The monoisotopic (exact) mass is 388 g/mol. The lowest BCUT2D eigenvalue weighted by molar-refractivity contribution is -0.141. The zero-order valence-electron chi connectivity index (χ0n) is 17.3. The van der Waals surface area contributed by atoms with Gasteiger partial charge in [-0.15, -0.1) is 0 Å². The van der Waals surface area contributed by atoms with Gasteiger partial charge in [-0.1, -0.05) is 20.8 Å². The first kappa shape index (κ1) is 20.5. The van der Waals surface area contributed by atoms with E-state index in [1.807, 2.05) is 36.6 Å². The zero-order chi connectivity index (χ0) is 20.1. The molecule has 0 saturated carbocycles. The number of rotatable bonds is 4. The molecule has 1 aromatic rings. The van der Waals surface area contributed by atoms with E-state index < -0.39 is 0 Å². The van der Waals surface area contributed by atoms with Crippen molar-refractivity contribution in [3.05, 3.63) is 18.5 Å². The van der Waals surface area contributed by atoms with Crippen molar-refractivity contribution < 1.29 is 9.59 Å². The Labute approximate surface area is 167 Å². The highest BCUT2D eigenvalue weighted by molar-refractivity contribution is 5.81. The van der Waals surface area contributed by atoms with E-state index in [1.54, 1.807) is 12.4 Å². The van der Waals surface area contributed by atoms with Crippen LogP contribution in [0.4, 0.5) is 5.95 Å². The SMILES string of the molecule is CC(C)(C)C(=O)N1CCN(CCC(=O)N2CCN(c3ncccn3)CC2)CC1. The molecule has 2 aliphatic heterocycles. The summed E-state index contributed by atoms with van der Waals surface area (Å²) in [5, 5.41) is 0. The van der Waals surface area contributed by atoms with Crippen LogP contribution in [0.15, 0.2) is 18.5 Å². The highest BCUT2D eigenvalue weighted by Crippen LogP contribution is 2.18. The van der Waals surface area contributed by atoms with Crippen molar-refractivity contribution in [3.63, 3.8) is 0 Å². The summed E-state index contributed by atoms with van der Waals surface area (Å²) < 4.78 is 0. The van der Waals surface area contributed by atoms with E-state index in [9.17, 15) is 9.59 Å². The largest absolute Gasteiger partial charge is 0.340 e. The molecular weight excluding hydrogens is 356 g/mol. The third kappa shape index (κ3) is 5.19. The Bertz CT molecular complexity index is 659. The standard InChI is InChI=1S/C20H32N6O2/c1-20(2,3)18(28)25-11-9-23(10-12-25)8-5-17(27)24-13-15-26(16-14-24)19-21-6-4-7-22-19/h4,6-7H,5,8-16H2,1-3H3. The number of carbonyl (C=O) groups excluding carboxylic acids is 2. The van der Waals surface area contributed by atoms with E-state index in [0.717, 1.165) is 51.8 Å². The van der Waals surface area contributed by atoms with Gasteiger partial charge in [0.2, 0.25) is 17.8 Å². The Balaban J connectivity index is 1.37. The lowest BCUT2D eigenvalue weighted by Crippen LogP contribution is -2.52. The molecule has 0 atom stereocenters. The van der Waals surface area contributed by atoms with Crippen LogP contribution >= 0.6 is 0 Å². The number of hydrogen-bond acceptors (Lipinski definition) is 6. The molecule has 28 heavy (non-hydrogen) atoms. The van der Waals surface area contributed by atoms with Crippen LogP contribution in [-0.4, -0.2) is 95.4 Å². The quantitative estimate of drug-likeness (QED) is 0.756. The summed E-state index contributed by atoms with van der Waals surface area (Å²) in [6.07, 6.45) is 4.03. The Hall–Kier alpha value is -2.22. The normalized spacial score (nSPS) is 19.0. The van der Waals surface area contributed by atoms with E-state index >= 15 is 0 Å². The zero-order valence-corrected chi connectivity index (χ0v) is 17.3. The summed E-state index contributed by atoms with van der Waals surface area (Å²) >= 11 is 0. The maximum absolute atomic E-state index is 12.6. The second-order valence-electron chi connectivity index (χ2n) is 8.55. The van der Waals surface area contributed by atoms with Gasteiger partial charge in [0.15, 0.2) is 0 Å². The van der Waals surface area contributed by atoms with Gasteiger partial charge in [-0.2, -0.15) is 0 Å². The van der Waals surface area contributed by atoms with Crippen molar-refractivity contribution in [2.75, 3.05) is 63.8 Å². The van der Waals surface area contributed by atoms with Gasteiger partial charge in [0.25, 0.3) is 0 Å². The molecule has 8 nitrogen and oxygen atoms in total. The topological polar surface area (TPSA) is 72.9 Å². The number of anilines is 1. The average Bonchev–Trinajstić information content (AvgIpc) is 2.72. The molecule has 0 spiro atoms. The first-order valence-corrected chi connectivity index (χ1v) is 10.2. The van der Waals surface area contributed by atoms with Crippen molar-refractivity contribution in [1.29, 1.82) is 0 Å². The first-order valence-electron chi connectivity index (χ1n) is 10.2. The minimum absolute atomic E-state index is 0.210. The van der Waals surface area contributed by atoms with E-state index in [0.29, 0.717) is 19.5 Å². The molecule has 2 saturated heterocycles. The van der Waals surface area contributed by atoms with Crippen LogP contribution in [0.1, 0.15) is 27.2 Å². The molecule has 3 heterocycles. The van der Waals surface area contributed by atoms with Crippen molar-refractivity contribution in [1.82, 2.24) is 24.7 Å². The number of amides is 2. The van der Waals surface area contributed by atoms with Gasteiger partial charge in [-0.05, 0) is 6.07 Å². The smallest absolute Gasteiger partial charge is 0.228 e. The van der Waals surface area contributed by atoms with Crippen LogP contribution in [-0.2, 0) is 9.59 Å². The lowest BCUT2D eigenvalue weighted by atomic mass is 9.94. The minimum atomic E-state index is -0.328. The van der Waals surface area contributed by atoms with Gasteiger partial charge in [-0.3, -0.25) is 14.5 Å². The van der Waals surface area contributed by atoms with Crippen LogP contribution < -0.4 is 4.90 Å². The van der Waals surface area contributed by atoms with Crippen molar-refractivity contribution >= 4 is 17.8 Å². The number of aromatic nitrogens is 2. The molecule has 0 unspecified atom stereocenters. The molecule has 0 radical (unpaired) electrons. The maximum atomic E-state index is 12.6. The summed E-state index contributed by atoms with van der Waals surface area (Å²) in [5.74, 6) is 1.16. The van der Waals surface area contributed by atoms with Gasteiger partial charge in [0.05, 0.1) is 0 Å². The molecule has 2 fully saturated rings. The van der Waals surface area contributed by atoms with Gasteiger partial charge < -0.3 is 14.7 Å². The summed E-state index contributed by atoms with van der Waals surface area (Å²) in [5.41, 5.74) is -0.328. The second-order valence-corrected chi connectivity index (χ2v) is 8.55.